The van der Waals surface area contributed by atoms with Gasteiger partial charge in [-0.1, -0.05) is 30.1 Å². The van der Waals surface area contributed by atoms with Gasteiger partial charge in [0, 0.05) is 40.6 Å². The Hall–Kier alpha value is -2.66. The van der Waals surface area contributed by atoms with Gasteiger partial charge in [0.25, 0.3) is 5.97 Å². The highest BCUT2D eigenvalue weighted by Crippen LogP contribution is 2.52. The lowest BCUT2D eigenvalue weighted by Crippen LogP contribution is -2.66. The Morgan fingerprint density at radius 1 is 0.600 bits per heavy atom. The van der Waals surface area contributed by atoms with E-state index in [9.17, 15) is 45.3 Å². The molecule has 10 aliphatic rings. The number of carbonyl (C=O) groups is 2. The molecule has 31 nitrogen and oxygen atoms in total. The molecule has 0 amide bonds. The number of fused-ring (bicyclic) bond motifs is 4. The molecular formula is C57H82Cl2O31. The molecule has 10 heterocycles. The molecule has 0 aromatic heterocycles. The summed E-state index contributed by atoms with van der Waals surface area (Å²) < 4.78 is 136. The number of benzene rings is 1. The Bertz CT molecular complexity index is 2650. The topological polar surface area (TPSA) is 379 Å². The van der Waals surface area contributed by atoms with Crippen LogP contribution in [0.2, 0.25) is 10.0 Å². The predicted octanol–water partition coefficient (Wildman–Crippen LogP) is 0.544. The Morgan fingerprint density at radius 3 is 2.00 bits per heavy atom. The lowest BCUT2D eigenvalue weighted by Gasteiger charge is -2.49. The van der Waals surface area contributed by atoms with Gasteiger partial charge in [-0.05, 0) is 54.0 Å². The number of phenols is 2. The van der Waals surface area contributed by atoms with E-state index < -0.39 is 223 Å². The molecule has 31 atom stereocenters. The highest BCUT2D eigenvalue weighted by molar-refractivity contribution is 6.39. The zero-order valence-electron chi connectivity index (χ0n) is 51.3. The molecular weight excluding hydrogens is 1250 g/mol. The second-order valence-corrected chi connectivity index (χ2v) is 25.3. The van der Waals surface area contributed by atoms with Crippen molar-refractivity contribution in [3.63, 3.8) is 0 Å². The van der Waals surface area contributed by atoms with Crippen LogP contribution < -0.4 is 0 Å². The van der Waals surface area contributed by atoms with E-state index in [2.05, 4.69) is 0 Å². The van der Waals surface area contributed by atoms with Crippen LogP contribution in [0.25, 0.3) is 0 Å². The van der Waals surface area contributed by atoms with Crippen LogP contribution >= 0.6 is 23.2 Å². The van der Waals surface area contributed by atoms with Crippen LogP contribution in [0.5, 0.6) is 11.5 Å². The summed E-state index contributed by atoms with van der Waals surface area (Å²) in [4.78, 5) is 26.3. The highest BCUT2D eigenvalue weighted by atomic mass is 35.5. The number of hydrogen-bond acceptors (Lipinski definition) is 31. The number of esters is 2. The minimum atomic E-state index is -1.87. The van der Waals surface area contributed by atoms with E-state index in [1.54, 1.807) is 41.5 Å². The van der Waals surface area contributed by atoms with Gasteiger partial charge < -0.3 is 140 Å². The zero-order chi connectivity index (χ0) is 64.8. The fourth-order valence-corrected chi connectivity index (χ4v) is 14.3. The van der Waals surface area contributed by atoms with Crippen LogP contribution in [0.4, 0.5) is 0 Å². The van der Waals surface area contributed by atoms with Crippen LogP contribution in [0.3, 0.4) is 0 Å². The number of hydrogen-bond donors (Lipinski definition) is 7. The normalized spacial score (nSPS) is 48.5. The third-order valence-corrected chi connectivity index (χ3v) is 19.1. The van der Waals surface area contributed by atoms with Gasteiger partial charge in [-0.15, -0.1) is 0 Å². The van der Waals surface area contributed by atoms with E-state index in [-0.39, 0.29) is 56.3 Å². The molecule has 0 aliphatic carbocycles. The molecule has 1 aromatic carbocycles. The van der Waals surface area contributed by atoms with Crippen LogP contribution in [-0.2, 0) is 109 Å². The van der Waals surface area contributed by atoms with Crippen LogP contribution in [-0.4, -0.2) is 278 Å². The molecule has 1 unspecified atom stereocenters. The Kier molecular flexibility index (Phi) is 20.7. The summed E-state index contributed by atoms with van der Waals surface area (Å²) >= 11 is 12.1. The number of aliphatic hydroxyl groups excluding tert-OH is 5. The molecule has 0 bridgehead atoms. The van der Waals surface area contributed by atoms with Crippen molar-refractivity contribution in [2.24, 2.45) is 0 Å². The lowest BCUT2D eigenvalue weighted by atomic mass is 9.88. The first-order valence-electron chi connectivity index (χ1n) is 30.1. The maximum atomic E-state index is 13.3. The van der Waals surface area contributed by atoms with Gasteiger partial charge in [-0.2, -0.15) is 0 Å². The third-order valence-electron chi connectivity index (χ3n) is 18.3. The third kappa shape index (κ3) is 12.7. The molecule has 0 saturated carbocycles. The Balaban J connectivity index is 0.716. The maximum Gasteiger partial charge on any atom is 0.342 e. The van der Waals surface area contributed by atoms with Crippen LogP contribution in [0, 0.1) is 6.92 Å². The number of methoxy groups -OCH3 is 3. The molecule has 10 saturated heterocycles. The van der Waals surface area contributed by atoms with E-state index in [0.29, 0.717) is 0 Å². The number of aliphatic hydroxyl groups is 5. The SMILES string of the molecule is CCC(=O)O[C@H]1[C@@H](O[C@@H]2O[C@H](COC)[C@@H](O[C@@H]3O[C@H](C)[C@H](OC)[C@H](O[C@H]4C[C@@]5(C)OC6(C[C@@H](O)[C@H](O[C@H]7C[C@@H](O)[C@H](OC(=O)c8c(C)c(Cl)c(O)c(Cl)c8O)[C@@H](C)O7)[C@@H](C)O6)O[C@@H]5[C@@H](C)O4)[C@H]3O)[C@H](O)[C@@H]2OC)OC[C@@H]2O[C@]3(O[C@@H]12)O[C@H](C)[C@H](O)[C@@H]1OCO[C@H]13. The van der Waals surface area contributed by atoms with E-state index in [1.807, 2.05) is 0 Å². The van der Waals surface area contributed by atoms with Gasteiger partial charge in [0.05, 0.1) is 67.4 Å². The molecule has 1 aromatic rings. The van der Waals surface area contributed by atoms with Crippen molar-refractivity contribution in [2.45, 2.75) is 270 Å². The average Bonchev–Trinajstić information content (AvgIpc) is 1.57. The zero-order valence-corrected chi connectivity index (χ0v) is 52.8. The van der Waals surface area contributed by atoms with Crippen molar-refractivity contribution in [2.75, 3.05) is 41.3 Å². The van der Waals surface area contributed by atoms with Crippen molar-refractivity contribution < 1.29 is 150 Å². The number of carbonyl (C=O) groups excluding carboxylic acids is 2. The smallest absolute Gasteiger partial charge is 0.342 e. The Morgan fingerprint density at radius 2 is 1.31 bits per heavy atom. The van der Waals surface area contributed by atoms with Crippen LogP contribution in [0.15, 0.2) is 0 Å². The van der Waals surface area contributed by atoms with Crippen molar-refractivity contribution in [1.29, 1.82) is 0 Å². The summed E-state index contributed by atoms with van der Waals surface area (Å²) in [5.74, 6) is -6.75. The standard InChI is InChI=1S/C57H82Cl2O31/c1-12-29(62)79-48-44-28(87-57(88-44)50-46(73-18-74-50)35(63)20(3)86-57)17-72-53(48)84-54-47(71-11)38(66)43(27(78-54)16-69-9)83-52-39(67)45(42(70-10)22(5)77-52)81-31-15-55(8)49(24(7)76-31)89-56(90-55)14-26(61)41(23(6)85-56)80-30-13-25(60)40(21(4)75-30)82-51(68)32-19(2)33(58)37(65)34(59)36(32)64/h20-28,30-31,35,38-50,52-54,60-61,63-67H,12-18H2,1-11H3/t20-,21-,22-,23-,24-,25-,26-,27-,28+,30+,31+,35+,38+,39-,40-,41-,42+,43-,44-,45-,46+,47+,48-,49-,50-,52+,53-,54+,55-,56?,57-/m1/s1. The first-order valence-corrected chi connectivity index (χ1v) is 30.9. The number of halogens is 2. The van der Waals surface area contributed by atoms with Gasteiger partial charge in [-0.3, -0.25) is 4.79 Å². The van der Waals surface area contributed by atoms with E-state index in [0.717, 1.165) is 0 Å². The summed E-state index contributed by atoms with van der Waals surface area (Å²) in [6.45, 7) is 12.5. The van der Waals surface area contributed by atoms with Gasteiger partial charge in [-0.25, -0.2) is 4.79 Å². The maximum absolute atomic E-state index is 13.3. The largest absolute Gasteiger partial charge is 0.505 e. The molecule has 10 fully saturated rings. The summed E-state index contributed by atoms with van der Waals surface area (Å²) in [7, 11) is 4.13. The fraction of sp³-hybridized carbons (Fsp3) is 0.860. The molecule has 0 radical (unpaired) electrons. The molecule has 510 valence electrons. The van der Waals surface area contributed by atoms with Gasteiger partial charge in [0.2, 0.25) is 6.29 Å². The molecule has 7 N–H and O–H groups in total. The van der Waals surface area contributed by atoms with Gasteiger partial charge in [0.1, 0.15) is 102 Å². The van der Waals surface area contributed by atoms with E-state index >= 15 is 0 Å². The van der Waals surface area contributed by atoms with E-state index in [1.165, 1.54) is 35.2 Å². The first-order chi connectivity index (χ1) is 42.7. The molecule has 11 rings (SSSR count). The van der Waals surface area contributed by atoms with Crippen molar-refractivity contribution >= 4 is 35.1 Å². The fourth-order valence-electron chi connectivity index (χ4n) is 13.8. The van der Waals surface area contributed by atoms with Crippen LogP contribution in [0.1, 0.15) is 90.1 Å². The first kappa shape index (κ1) is 68.7. The number of aromatic hydroxyl groups is 2. The molecule has 2 spiro atoms. The van der Waals surface area contributed by atoms with Crippen molar-refractivity contribution in [3.05, 3.63) is 21.2 Å². The van der Waals surface area contributed by atoms with E-state index in [4.69, 9.17) is 127 Å². The van der Waals surface area contributed by atoms with Gasteiger partial charge >= 0.3 is 17.9 Å². The van der Waals surface area contributed by atoms with Gasteiger partial charge in [0.15, 0.2) is 55.0 Å². The number of ether oxygens (including phenoxy) is 22. The second kappa shape index (κ2) is 27.1. The summed E-state index contributed by atoms with van der Waals surface area (Å²) in [6.07, 6.45) is -32.3. The minimum Gasteiger partial charge on any atom is -0.505 e. The molecule has 33 heteroatoms. The molecule has 90 heavy (non-hydrogen) atoms. The van der Waals surface area contributed by atoms with Crippen molar-refractivity contribution in [1.82, 2.24) is 0 Å². The predicted molar refractivity (Wildman–Crippen MR) is 294 cm³/mol. The second-order valence-electron chi connectivity index (χ2n) is 24.5. The summed E-state index contributed by atoms with van der Waals surface area (Å²) in [5, 5.41) is 78.1. The quantitative estimate of drug-likeness (QED) is 0.111. The highest BCUT2D eigenvalue weighted by Gasteiger charge is 2.69. The molecule has 10 aliphatic heterocycles. The summed E-state index contributed by atoms with van der Waals surface area (Å²) in [5.41, 5.74) is -1.60. The number of rotatable bonds is 16. The Labute approximate surface area is 527 Å². The number of phenolic OH excluding ortho intramolecular Hbond substituents is 2. The monoisotopic (exact) mass is 1330 g/mol. The lowest BCUT2D eigenvalue weighted by molar-refractivity contribution is -0.420. The minimum absolute atomic E-state index is 0.00256. The van der Waals surface area contributed by atoms with Crippen molar-refractivity contribution in [3.8, 4) is 11.5 Å². The summed E-state index contributed by atoms with van der Waals surface area (Å²) in [6, 6.07) is 0. The average molecular weight is 1330 g/mol.